The summed E-state index contributed by atoms with van der Waals surface area (Å²) in [6.45, 7) is 0.847. The molecular formula is C51H40Cl2N4O6. The molecular weight excluding hydrogens is 835 g/mol. The van der Waals surface area contributed by atoms with E-state index in [1.807, 2.05) is 89.8 Å². The standard InChI is InChI=1S/C51H40Cl2N4O6/c1-56-45-26-39-27-46(49(58)55-44(51(60)61)25-33-9-14-36(15-10-33)37-16-11-34(29-54)12-17-37)57(23-5-8-32-6-3-2-4-7-32)30-40(39)28-47(45)63-48(50(56)59)38-18-20-41(21-19-38)62-31-35-13-22-42(52)43(53)24-35/h2-4,6-7,9-22,24,26,28,44,46,48H,23,25,27,30-31H2,1H3,(H,55,58)(H,60,61)/t44-,46?,48-/m0/s1. The van der Waals surface area contributed by atoms with Crippen LogP contribution in [0.5, 0.6) is 11.5 Å². The van der Waals surface area contributed by atoms with E-state index in [1.54, 1.807) is 60.5 Å². The zero-order valence-electron chi connectivity index (χ0n) is 34.1. The number of rotatable bonds is 11. The summed E-state index contributed by atoms with van der Waals surface area (Å²) >= 11 is 12.2. The summed E-state index contributed by atoms with van der Waals surface area (Å²) in [5.74, 6) is 5.67. The van der Waals surface area contributed by atoms with Gasteiger partial charge in [-0.25, -0.2) is 4.79 Å². The number of nitrogens with one attached hydrogen (secondary N) is 1. The molecule has 0 radical (unpaired) electrons. The molecule has 0 bridgehead atoms. The number of carbonyl (C=O) groups excluding carboxylic acids is 2. The molecule has 6 aromatic carbocycles. The van der Waals surface area contributed by atoms with Gasteiger partial charge in [-0.1, -0.05) is 108 Å². The number of benzene rings is 6. The molecule has 2 aliphatic rings. The number of nitrogens with zero attached hydrogens (tertiary/aromatic N) is 3. The van der Waals surface area contributed by atoms with Crippen molar-refractivity contribution in [1.29, 1.82) is 5.26 Å². The van der Waals surface area contributed by atoms with Crippen molar-refractivity contribution in [2.45, 2.75) is 44.2 Å². The number of ether oxygens (including phenoxy) is 2. The fraction of sp³-hybridized carbons (Fsp3) is 0.176. The maximum Gasteiger partial charge on any atom is 0.326 e. The highest BCUT2D eigenvalue weighted by atomic mass is 35.5. The van der Waals surface area contributed by atoms with Gasteiger partial charge in [0.15, 0.2) is 0 Å². The van der Waals surface area contributed by atoms with Crippen LogP contribution in [0.15, 0.2) is 133 Å². The van der Waals surface area contributed by atoms with E-state index < -0.39 is 30.1 Å². The van der Waals surface area contributed by atoms with Crippen LogP contribution in [0, 0.1) is 23.2 Å². The number of likely N-dealkylation sites (N-methyl/N-ethyl adjacent to an activating group) is 1. The molecule has 12 heteroatoms. The summed E-state index contributed by atoms with van der Waals surface area (Å²) in [7, 11) is 1.70. The molecule has 2 amide bonds. The van der Waals surface area contributed by atoms with Gasteiger partial charge >= 0.3 is 5.97 Å². The van der Waals surface area contributed by atoms with Crippen molar-refractivity contribution in [3.63, 3.8) is 0 Å². The largest absolute Gasteiger partial charge is 0.489 e. The fourth-order valence-electron chi connectivity index (χ4n) is 7.69. The number of carboxylic acids is 1. The number of aliphatic carboxylic acids is 1. The lowest BCUT2D eigenvalue weighted by Crippen LogP contribution is -2.54. The highest BCUT2D eigenvalue weighted by Crippen LogP contribution is 2.42. The van der Waals surface area contributed by atoms with Gasteiger partial charge in [0.05, 0.1) is 40.0 Å². The zero-order valence-corrected chi connectivity index (χ0v) is 35.6. The van der Waals surface area contributed by atoms with Gasteiger partial charge in [0.1, 0.15) is 24.1 Å². The van der Waals surface area contributed by atoms with E-state index in [2.05, 4.69) is 23.2 Å². The van der Waals surface area contributed by atoms with Crippen LogP contribution in [-0.4, -0.2) is 53.5 Å². The average Bonchev–Trinajstić information content (AvgIpc) is 3.30. The molecule has 2 aliphatic heterocycles. The molecule has 10 nitrogen and oxygen atoms in total. The highest BCUT2D eigenvalue weighted by molar-refractivity contribution is 6.42. The topological polar surface area (TPSA) is 132 Å². The van der Waals surface area contributed by atoms with Crippen LogP contribution in [0.3, 0.4) is 0 Å². The third-order valence-corrected chi connectivity index (χ3v) is 11.9. The molecule has 6 aromatic rings. The van der Waals surface area contributed by atoms with Crippen LogP contribution in [0.4, 0.5) is 5.69 Å². The summed E-state index contributed by atoms with van der Waals surface area (Å²) < 4.78 is 12.4. The first-order valence-electron chi connectivity index (χ1n) is 20.2. The number of hydrogen-bond donors (Lipinski definition) is 2. The third-order valence-electron chi connectivity index (χ3n) is 11.2. The van der Waals surface area contributed by atoms with Crippen LogP contribution >= 0.6 is 23.2 Å². The minimum atomic E-state index is -1.20. The highest BCUT2D eigenvalue weighted by Gasteiger charge is 2.38. The van der Waals surface area contributed by atoms with Gasteiger partial charge in [0.2, 0.25) is 12.0 Å². The van der Waals surface area contributed by atoms with Gasteiger partial charge in [-0.05, 0) is 100 Å². The number of hydrogen-bond acceptors (Lipinski definition) is 7. The third kappa shape index (κ3) is 9.86. The zero-order chi connectivity index (χ0) is 44.0. The van der Waals surface area contributed by atoms with Crippen LogP contribution in [0.25, 0.3) is 11.1 Å². The summed E-state index contributed by atoms with van der Waals surface area (Å²) in [5, 5.41) is 23.2. The molecule has 2 N–H and O–H groups in total. The second-order valence-electron chi connectivity index (χ2n) is 15.4. The number of fused-ring (bicyclic) bond motifs is 2. The van der Waals surface area contributed by atoms with E-state index in [1.165, 1.54) is 0 Å². The summed E-state index contributed by atoms with van der Waals surface area (Å²) in [6, 6.07) is 40.7. The van der Waals surface area contributed by atoms with Crippen molar-refractivity contribution in [3.05, 3.63) is 182 Å². The predicted molar refractivity (Wildman–Crippen MR) is 242 cm³/mol. The molecule has 1 unspecified atom stereocenters. The molecule has 0 saturated heterocycles. The maximum atomic E-state index is 14.2. The van der Waals surface area contributed by atoms with E-state index >= 15 is 0 Å². The molecule has 3 atom stereocenters. The van der Waals surface area contributed by atoms with Crippen molar-refractivity contribution in [2.24, 2.45) is 0 Å². The van der Waals surface area contributed by atoms with Gasteiger partial charge in [-0.2, -0.15) is 5.26 Å². The second-order valence-corrected chi connectivity index (χ2v) is 16.2. The van der Waals surface area contributed by atoms with E-state index in [-0.39, 0.29) is 31.9 Å². The first kappa shape index (κ1) is 42.6. The van der Waals surface area contributed by atoms with Gasteiger partial charge < -0.3 is 24.8 Å². The molecule has 8 rings (SSSR count). The molecule has 314 valence electrons. The molecule has 0 spiro atoms. The van der Waals surface area contributed by atoms with Gasteiger partial charge in [0.25, 0.3) is 5.91 Å². The average molecular weight is 876 g/mol. The van der Waals surface area contributed by atoms with Crippen LogP contribution < -0.4 is 19.7 Å². The summed E-state index contributed by atoms with van der Waals surface area (Å²) in [5.41, 5.74) is 7.81. The van der Waals surface area contributed by atoms with Crippen LogP contribution in [0.1, 0.15) is 45.0 Å². The Morgan fingerprint density at radius 1 is 0.857 bits per heavy atom. The molecule has 63 heavy (non-hydrogen) atoms. The molecule has 0 aromatic heterocycles. The predicted octanol–water partition coefficient (Wildman–Crippen LogP) is 8.80. The second kappa shape index (κ2) is 18.9. The Morgan fingerprint density at radius 3 is 2.24 bits per heavy atom. The van der Waals surface area contributed by atoms with Crippen molar-refractivity contribution in [2.75, 3.05) is 18.5 Å². The molecule has 2 heterocycles. The Labute approximate surface area is 375 Å². The maximum absolute atomic E-state index is 14.2. The Morgan fingerprint density at radius 2 is 1.56 bits per heavy atom. The van der Waals surface area contributed by atoms with Crippen LogP contribution in [0.2, 0.25) is 10.0 Å². The van der Waals surface area contributed by atoms with E-state index in [4.69, 9.17) is 37.9 Å². The number of carbonyl (C=O) groups is 3. The molecule has 0 saturated carbocycles. The van der Waals surface area contributed by atoms with Gasteiger partial charge in [-0.15, -0.1) is 0 Å². The lowest BCUT2D eigenvalue weighted by atomic mass is 9.91. The van der Waals surface area contributed by atoms with Crippen molar-refractivity contribution >= 4 is 46.7 Å². The normalized spacial score (nSPS) is 16.0. The van der Waals surface area contributed by atoms with E-state index in [9.17, 15) is 19.5 Å². The smallest absolute Gasteiger partial charge is 0.326 e. The van der Waals surface area contributed by atoms with E-state index in [0.29, 0.717) is 44.9 Å². The molecule has 0 fully saturated rings. The minimum absolute atomic E-state index is 0.0687. The van der Waals surface area contributed by atoms with E-state index in [0.717, 1.165) is 38.9 Å². The van der Waals surface area contributed by atoms with Gasteiger partial charge in [-0.3, -0.25) is 14.5 Å². The van der Waals surface area contributed by atoms with Crippen molar-refractivity contribution in [1.82, 2.24) is 10.2 Å². The summed E-state index contributed by atoms with van der Waals surface area (Å²) in [4.78, 5) is 44.2. The number of amides is 2. The molecule has 0 aliphatic carbocycles. The lowest BCUT2D eigenvalue weighted by Gasteiger charge is -2.38. The number of nitriles is 1. The quantitative estimate of drug-likeness (QED) is 0.124. The Bertz CT molecular complexity index is 2780. The van der Waals surface area contributed by atoms with Crippen molar-refractivity contribution < 1.29 is 29.0 Å². The Kier molecular flexibility index (Phi) is 12.8. The monoisotopic (exact) mass is 874 g/mol. The van der Waals surface area contributed by atoms with Crippen molar-refractivity contribution in [3.8, 4) is 40.5 Å². The SMILES string of the molecule is CN1C(=O)[C@H](c2ccc(OCc3ccc(Cl)c(Cl)c3)cc2)Oc2cc3c(cc21)CC(C(=O)N[C@@H](Cc1ccc(-c2ccc(C#N)cc2)cc1)C(=O)O)N(CC#Cc1ccccc1)C3. The number of anilines is 1. The first-order chi connectivity index (χ1) is 30.5. The van der Waals surface area contributed by atoms with Gasteiger partial charge in [0, 0.05) is 31.1 Å². The Hall–Kier alpha value is -7.08. The Balaban J connectivity index is 0.997. The number of carboxylic acid groups (broad SMARTS) is 1. The minimum Gasteiger partial charge on any atom is -0.489 e. The van der Waals surface area contributed by atoms with Crippen LogP contribution in [-0.2, 0) is 40.4 Å². The fourth-order valence-corrected chi connectivity index (χ4v) is 8.02. The first-order valence-corrected chi connectivity index (χ1v) is 21.0. The number of halogens is 2. The summed E-state index contributed by atoms with van der Waals surface area (Å²) in [6.07, 6.45) is -0.582. The lowest BCUT2D eigenvalue weighted by molar-refractivity contribution is -0.142.